The lowest BCUT2D eigenvalue weighted by molar-refractivity contribution is 0.514. The number of rotatable bonds is 7. The van der Waals surface area contributed by atoms with E-state index in [-0.39, 0.29) is 17.8 Å². The molecule has 2 aromatic rings. The lowest BCUT2D eigenvalue weighted by Gasteiger charge is -2.26. The minimum absolute atomic E-state index is 0.0504. The smallest absolute Gasteiger partial charge is 0.202 e. The summed E-state index contributed by atoms with van der Waals surface area (Å²) < 4.78 is 16.5. The third-order valence-electron chi connectivity index (χ3n) is 4.21. The van der Waals surface area contributed by atoms with Gasteiger partial charge in [0.05, 0.1) is 0 Å². The van der Waals surface area contributed by atoms with Gasteiger partial charge in [0.15, 0.2) is 0 Å². The summed E-state index contributed by atoms with van der Waals surface area (Å²) in [6.45, 7) is 2.20. The van der Waals surface area contributed by atoms with Crippen molar-refractivity contribution in [3.8, 4) is 0 Å². The van der Waals surface area contributed by atoms with Crippen LogP contribution in [0.2, 0.25) is 0 Å². The fraction of sp³-hybridized carbons (Fsp3) is 0.438. The van der Waals surface area contributed by atoms with Crippen LogP contribution < -0.4 is 16.0 Å². The van der Waals surface area contributed by atoms with Gasteiger partial charge < -0.3 is 20.5 Å². The minimum Gasteiger partial charge on any atom is -0.383 e. The summed E-state index contributed by atoms with van der Waals surface area (Å²) in [4.78, 5) is 14.9. The fourth-order valence-corrected chi connectivity index (χ4v) is 2.93. The SMILES string of the molecule is CNCC(CNc1ccc(C2CNc3nccn3C2)c(F)c1)N=O. The third kappa shape index (κ3) is 3.53. The number of anilines is 2. The zero-order valence-corrected chi connectivity index (χ0v) is 13.5. The van der Waals surface area contributed by atoms with Crippen LogP contribution in [0.3, 0.4) is 0 Å². The number of nitrogens with zero attached hydrogens (tertiary/aromatic N) is 3. The summed E-state index contributed by atoms with van der Waals surface area (Å²) in [6, 6.07) is 4.72. The summed E-state index contributed by atoms with van der Waals surface area (Å²) in [5, 5.41) is 12.2. The highest BCUT2D eigenvalue weighted by atomic mass is 19.1. The van der Waals surface area contributed by atoms with Crippen LogP contribution in [-0.2, 0) is 6.54 Å². The summed E-state index contributed by atoms with van der Waals surface area (Å²) >= 11 is 0. The Hall–Kier alpha value is -2.48. The highest BCUT2D eigenvalue weighted by molar-refractivity contribution is 5.47. The van der Waals surface area contributed by atoms with E-state index in [1.54, 1.807) is 19.3 Å². The maximum Gasteiger partial charge on any atom is 0.202 e. The van der Waals surface area contributed by atoms with Gasteiger partial charge in [-0.15, -0.1) is 0 Å². The van der Waals surface area contributed by atoms with Gasteiger partial charge in [-0.25, -0.2) is 9.37 Å². The van der Waals surface area contributed by atoms with Crippen LogP contribution in [0.25, 0.3) is 0 Å². The van der Waals surface area contributed by atoms with Gasteiger partial charge in [0.25, 0.3) is 0 Å². The monoisotopic (exact) mass is 332 g/mol. The largest absolute Gasteiger partial charge is 0.383 e. The Labute approximate surface area is 139 Å². The number of nitrogens with one attached hydrogen (secondary N) is 3. The molecule has 2 atom stereocenters. The first-order chi connectivity index (χ1) is 11.7. The molecule has 1 aromatic heterocycles. The molecule has 0 spiro atoms. The molecule has 8 heteroatoms. The number of hydrogen-bond acceptors (Lipinski definition) is 6. The van der Waals surface area contributed by atoms with Gasteiger partial charge in [-0.3, -0.25) is 0 Å². The van der Waals surface area contributed by atoms with E-state index in [2.05, 4.69) is 26.1 Å². The number of aromatic nitrogens is 2. The number of benzene rings is 1. The van der Waals surface area contributed by atoms with E-state index in [4.69, 9.17) is 0 Å². The second kappa shape index (κ2) is 7.39. The summed E-state index contributed by atoms with van der Waals surface area (Å²) in [5.41, 5.74) is 1.32. The molecule has 0 saturated carbocycles. The second-order valence-corrected chi connectivity index (χ2v) is 5.92. The molecule has 3 N–H and O–H groups in total. The fourth-order valence-electron chi connectivity index (χ4n) is 2.93. The van der Waals surface area contributed by atoms with E-state index in [9.17, 15) is 9.30 Å². The maximum atomic E-state index is 14.5. The number of likely N-dealkylation sites (N-methyl/N-ethyl adjacent to an activating group) is 1. The Balaban J connectivity index is 1.66. The summed E-state index contributed by atoms with van der Waals surface area (Å²) in [7, 11) is 1.76. The van der Waals surface area contributed by atoms with Crippen LogP contribution in [-0.4, -0.2) is 42.3 Å². The first kappa shape index (κ1) is 16.4. The van der Waals surface area contributed by atoms with Crippen molar-refractivity contribution in [1.29, 1.82) is 0 Å². The predicted molar refractivity (Wildman–Crippen MR) is 91.9 cm³/mol. The van der Waals surface area contributed by atoms with Crippen molar-refractivity contribution in [1.82, 2.24) is 14.9 Å². The zero-order chi connectivity index (χ0) is 16.9. The number of halogens is 1. The van der Waals surface area contributed by atoms with Crippen molar-refractivity contribution >= 4 is 11.6 Å². The lowest BCUT2D eigenvalue weighted by atomic mass is 9.97. The quantitative estimate of drug-likeness (QED) is 0.676. The average Bonchev–Trinajstić information content (AvgIpc) is 3.06. The Bertz CT molecular complexity index is 704. The van der Waals surface area contributed by atoms with Crippen LogP contribution in [0.4, 0.5) is 16.0 Å². The van der Waals surface area contributed by atoms with Crippen molar-refractivity contribution in [2.24, 2.45) is 5.18 Å². The normalized spacial score (nSPS) is 17.7. The molecule has 1 aromatic carbocycles. The van der Waals surface area contributed by atoms with Gasteiger partial charge in [0.2, 0.25) is 5.95 Å². The molecule has 128 valence electrons. The summed E-state index contributed by atoms with van der Waals surface area (Å²) in [6.07, 6.45) is 3.62. The van der Waals surface area contributed by atoms with Crippen molar-refractivity contribution in [3.63, 3.8) is 0 Å². The highest BCUT2D eigenvalue weighted by Gasteiger charge is 2.22. The number of nitroso groups, excluding NO2 is 1. The Morgan fingerprint density at radius 2 is 2.38 bits per heavy atom. The number of imidazole rings is 1. The van der Waals surface area contributed by atoms with E-state index < -0.39 is 0 Å². The molecule has 2 unspecified atom stereocenters. The maximum absolute atomic E-state index is 14.5. The molecule has 0 bridgehead atoms. The molecule has 0 radical (unpaired) electrons. The zero-order valence-electron chi connectivity index (χ0n) is 13.5. The van der Waals surface area contributed by atoms with Gasteiger partial charge in [-0.05, 0) is 24.7 Å². The van der Waals surface area contributed by atoms with Crippen LogP contribution >= 0.6 is 0 Å². The molecule has 7 nitrogen and oxygen atoms in total. The van der Waals surface area contributed by atoms with E-state index in [0.29, 0.717) is 37.4 Å². The molecule has 1 aliphatic heterocycles. The minimum atomic E-state index is -0.389. The van der Waals surface area contributed by atoms with Gasteiger partial charge in [0.1, 0.15) is 11.9 Å². The molecular weight excluding hydrogens is 311 g/mol. The van der Waals surface area contributed by atoms with Crippen molar-refractivity contribution in [3.05, 3.63) is 46.9 Å². The number of hydrogen-bond donors (Lipinski definition) is 3. The van der Waals surface area contributed by atoms with E-state index >= 15 is 0 Å². The van der Waals surface area contributed by atoms with Crippen LogP contribution in [0.15, 0.2) is 35.8 Å². The Kier molecular flexibility index (Phi) is 5.05. The highest BCUT2D eigenvalue weighted by Crippen LogP contribution is 2.28. The van der Waals surface area contributed by atoms with Crippen LogP contribution in [0, 0.1) is 10.7 Å². The molecule has 0 aliphatic carbocycles. The third-order valence-corrected chi connectivity index (χ3v) is 4.21. The van der Waals surface area contributed by atoms with E-state index in [1.165, 1.54) is 6.07 Å². The predicted octanol–water partition coefficient (Wildman–Crippen LogP) is 2.00. The average molecular weight is 332 g/mol. The lowest BCUT2D eigenvalue weighted by Crippen LogP contribution is -2.28. The standard InChI is InChI=1S/C16H21FN6O/c1-18-8-13(22-24)9-20-12-2-3-14(15(17)6-12)11-7-21-16-19-4-5-23(16)10-11/h2-6,11,13,18,20H,7-10H2,1H3,(H,19,21). The van der Waals surface area contributed by atoms with Gasteiger partial charge in [-0.2, -0.15) is 4.91 Å². The molecular formula is C16H21FN6O. The van der Waals surface area contributed by atoms with Gasteiger partial charge >= 0.3 is 0 Å². The summed E-state index contributed by atoms with van der Waals surface area (Å²) in [5.74, 6) is 0.621. The van der Waals surface area contributed by atoms with Crippen molar-refractivity contribution in [2.75, 3.05) is 37.3 Å². The number of fused-ring (bicyclic) bond motifs is 1. The van der Waals surface area contributed by atoms with Gasteiger partial charge in [0, 0.05) is 50.2 Å². The topological polar surface area (TPSA) is 83.3 Å². The van der Waals surface area contributed by atoms with E-state index in [1.807, 2.05) is 16.8 Å². The second-order valence-electron chi connectivity index (χ2n) is 5.92. The Morgan fingerprint density at radius 1 is 1.50 bits per heavy atom. The van der Waals surface area contributed by atoms with Crippen LogP contribution in [0.1, 0.15) is 11.5 Å². The first-order valence-corrected chi connectivity index (χ1v) is 7.96. The molecule has 2 heterocycles. The van der Waals surface area contributed by atoms with Crippen molar-refractivity contribution < 1.29 is 4.39 Å². The molecule has 0 saturated heterocycles. The van der Waals surface area contributed by atoms with E-state index in [0.717, 1.165) is 5.95 Å². The molecule has 0 amide bonds. The first-order valence-electron chi connectivity index (χ1n) is 7.96. The van der Waals surface area contributed by atoms with Crippen molar-refractivity contribution in [2.45, 2.75) is 18.5 Å². The Morgan fingerprint density at radius 3 is 3.12 bits per heavy atom. The molecule has 3 rings (SSSR count). The molecule has 1 aliphatic rings. The molecule has 0 fully saturated rings. The molecule has 24 heavy (non-hydrogen) atoms. The van der Waals surface area contributed by atoms with Crippen LogP contribution in [0.5, 0.6) is 0 Å². The van der Waals surface area contributed by atoms with Gasteiger partial charge in [-0.1, -0.05) is 11.2 Å².